The first-order valence-electron chi connectivity index (χ1n) is 7.57. The molecule has 0 spiro atoms. The van der Waals surface area contributed by atoms with E-state index < -0.39 is 0 Å². The lowest BCUT2D eigenvalue weighted by Crippen LogP contribution is -2.36. The standard InChI is InChI=1S/C18H17NO3/c20-18-16-15(11-12-21-18)22-19(14-9-5-2-6-10-14)17(16)13-7-3-1-4-8-13/h1-10,15-17H,11-12H2/t15-,16+,17-/m1/s1. The van der Waals surface area contributed by atoms with E-state index in [1.807, 2.05) is 65.7 Å². The molecule has 2 fully saturated rings. The molecule has 0 bridgehead atoms. The average molecular weight is 295 g/mol. The van der Waals surface area contributed by atoms with E-state index in [0.29, 0.717) is 6.61 Å². The number of benzene rings is 2. The maximum Gasteiger partial charge on any atom is 0.314 e. The van der Waals surface area contributed by atoms with E-state index in [9.17, 15) is 4.79 Å². The molecular weight excluding hydrogens is 278 g/mol. The van der Waals surface area contributed by atoms with Crippen LogP contribution in [0.4, 0.5) is 5.69 Å². The zero-order valence-electron chi connectivity index (χ0n) is 12.1. The number of carbonyl (C=O) groups is 1. The minimum atomic E-state index is -0.281. The maximum absolute atomic E-state index is 12.3. The minimum Gasteiger partial charge on any atom is -0.465 e. The van der Waals surface area contributed by atoms with Crippen molar-refractivity contribution >= 4 is 11.7 Å². The van der Waals surface area contributed by atoms with Crippen LogP contribution in [0.1, 0.15) is 18.0 Å². The molecule has 2 saturated heterocycles. The fraction of sp³-hybridized carbons (Fsp3) is 0.278. The third-order valence-electron chi connectivity index (χ3n) is 4.31. The van der Waals surface area contributed by atoms with Gasteiger partial charge in [-0.3, -0.25) is 9.63 Å². The van der Waals surface area contributed by atoms with E-state index in [-0.39, 0.29) is 24.0 Å². The highest BCUT2D eigenvalue weighted by atomic mass is 16.7. The molecule has 112 valence electrons. The van der Waals surface area contributed by atoms with Gasteiger partial charge in [0.2, 0.25) is 0 Å². The van der Waals surface area contributed by atoms with Crippen LogP contribution in [0.3, 0.4) is 0 Å². The Labute approximate surface area is 129 Å². The molecule has 2 aromatic rings. The van der Waals surface area contributed by atoms with Crippen molar-refractivity contribution in [3.8, 4) is 0 Å². The van der Waals surface area contributed by atoms with Gasteiger partial charge in [-0.1, -0.05) is 48.5 Å². The molecule has 0 unspecified atom stereocenters. The van der Waals surface area contributed by atoms with E-state index >= 15 is 0 Å². The van der Waals surface area contributed by atoms with Crippen LogP contribution < -0.4 is 5.06 Å². The summed E-state index contributed by atoms with van der Waals surface area (Å²) in [6.45, 7) is 0.435. The van der Waals surface area contributed by atoms with Crippen molar-refractivity contribution in [1.82, 2.24) is 0 Å². The number of nitrogens with zero attached hydrogens (tertiary/aromatic N) is 1. The van der Waals surface area contributed by atoms with Gasteiger partial charge in [0.15, 0.2) is 0 Å². The number of carbonyl (C=O) groups excluding carboxylic acids is 1. The molecule has 4 nitrogen and oxygen atoms in total. The van der Waals surface area contributed by atoms with Crippen molar-refractivity contribution in [3.05, 3.63) is 66.2 Å². The smallest absolute Gasteiger partial charge is 0.314 e. The summed E-state index contributed by atoms with van der Waals surface area (Å²) in [6.07, 6.45) is 0.620. The molecule has 0 aliphatic carbocycles. The first-order chi connectivity index (χ1) is 10.8. The van der Waals surface area contributed by atoms with Gasteiger partial charge in [0.1, 0.15) is 12.0 Å². The topological polar surface area (TPSA) is 38.8 Å². The lowest BCUT2D eigenvalue weighted by atomic mass is 9.87. The van der Waals surface area contributed by atoms with Crippen LogP contribution in [0.5, 0.6) is 0 Å². The van der Waals surface area contributed by atoms with Gasteiger partial charge < -0.3 is 4.74 Å². The van der Waals surface area contributed by atoms with Gasteiger partial charge >= 0.3 is 5.97 Å². The van der Waals surface area contributed by atoms with Gasteiger partial charge in [0.25, 0.3) is 0 Å². The molecule has 3 atom stereocenters. The Morgan fingerprint density at radius 3 is 2.36 bits per heavy atom. The average Bonchev–Trinajstić information content (AvgIpc) is 2.97. The zero-order valence-corrected chi connectivity index (χ0v) is 12.1. The van der Waals surface area contributed by atoms with Gasteiger partial charge in [-0.05, 0) is 17.7 Å². The number of para-hydroxylation sites is 1. The first-order valence-corrected chi connectivity index (χ1v) is 7.57. The van der Waals surface area contributed by atoms with E-state index in [4.69, 9.17) is 9.57 Å². The van der Waals surface area contributed by atoms with Crippen molar-refractivity contribution in [1.29, 1.82) is 0 Å². The highest BCUT2D eigenvalue weighted by molar-refractivity contribution is 5.76. The van der Waals surface area contributed by atoms with Crippen LogP contribution in [-0.2, 0) is 14.4 Å². The predicted octanol–water partition coefficient (Wildman–Crippen LogP) is 3.11. The molecule has 22 heavy (non-hydrogen) atoms. The van der Waals surface area contributed by atoms with Gasteiger partial charge in [-0.15, -0.1) is 0 Å². The third-order valence-corrected chi connectivity index (χ3v) is 4.31. The zero-order chi connectivity index (χ0) is 14.9. The second-order valence-corrected chi connectivity index (χ2v) is 5.64. The highest BCUT2D eigenvalue weighted by Gasteiger charge is 2.51. The molecule has 0 amide bonds. The minimum absolute atomic E-state index is 0.119. The highest BCUT2D eigenvalue weighted by Crippen LogP contribution is 2.45. The van der Waals surface area contributed by atoms with E-state index in [2.05, 4.69) is 0 Å². The molecule has 2 aromatic carbocycles. The van der Waals surface area contributed by atoms with Crippen molar-refractivity contribution in [2.45, 2.75) is 18.6 Å². The number of hydroxylamine groups is 1. The van der Waals surface area contributed by atoms with Crippen LogP contribution in [0.25, 0.3) is 0 Å². The fourth-order valence-corrected chi connectivity index (χ4v) is 3.30. The summed E-state index contributed by atoms with van der Waals surface area (Å²) in [5, 5.41) is 1.87. The largest absolute Gasteiger partial charge is 0.465 e. The number of ether oxygens (including phenoxy) is 1. The van der Waals surface area contributed by atoms with E-state index in [1.54, 1.807) is 0 Å². The molecule has 0 aromatic heterocycles. The number of rotatable bonds is 2. The summed E-state index contributed by atoms with van der Waals surface area (Å²) < 4.78 is 5.28. The summed E-state index contributed by atoms with van der Waals surface area (Å²) in [4.78, 5) is 18.4. The van der Waals surface area contributed by atoms with Crippen LogP contribution in [0.2, 0.25) is 0 Å². The summed E-state index contributed by atoms with van der Waals surface area (Å²) >= 11 is 0. The number of fused-ring (bicyclic) bond motifs is 1. The molecule has 2 aliphatic rings. The van der Waals surface area contributed by atoms with Crippen molar-refractivity contribution in [2.75, 3.05) is 11.7 Å². The Bertz CT molecular complexity index is 659. The third kappa shape index (κ3) is 2.16. The SMILES string of the molecule is O=C1OCC[C@H]2ON(c3ccccc3)[C@H](c3ccccc3)[C@@H]12. The Balaban J connectivity index is 1.78. The normalized spacial score (nSPS) is 27.4. The summed E-state index contributed by atoms with van der Waals surface area (Å²) in [6, 6.07) is 19.8. The van der Waals surface area contributed by atoms with E-state index in [0.717, 1.165) is 17.7 Å². The molecular formula is C18H17NO3. The van der Waals surface area contributed by atoms with E-state index in [1.165, 1.54) is 0 Å². The van der Waals surface area contributed by atoms with Crippen molar-refractivity contribution in [3.63, 3.8) is 0 Å². The monoisotopic (exact) mass is 295 g/mol. The Kier molecular flexibility index (Phi) is 3.31. The van der Waals surface area contributed by atoms with Gasteiger partial charge in [0, 0.05) is 6.42 Å². The Hall–Kier alpha value is -2.33. The quantitative estimate of drug-likeness (QED) is 0.798. The number of anilines is 1. The van der Waals surface area contributed by atoms with Crippen LogP contribution >= 0.6 is 0 Å². The predicted molar refractivity (Wildman–Crippen MR) is 82.0 cm³/mol. The van der Waals surface area contributed by atoms with Crippen molar-refractivity contribution < 1.29 is 14.4 Å². The van der Waals surface area contributed by atoms with Crippen molar-refractivity contribution in [2.24, 2.45) is 5.92 Å². The lowest BCUT2D eigenvalue weighted by molar-refractivity contribution is -0.157. The van der Waals surface area contributed by atoms with Gasteiger partial charge in [-0.2, -0.15) is 0 Å². The summed E-state index contributed by atoms with van der Waals surface area (Å²) in [5.74, 6) is -0.445. The van der Waals surface area contributed by atoms with Gasteiger partial charge in [-0.25, -0.2) is 5.06 Å². The maximum atomic E-state index is 12.3. The Morgan fingerprint density at radius 2 is 1.64 bits per heavy atom. The molecule has 4 heteroatoms. The second-order valence-electron chi connectivity index (χ2n) is 5.64. The molecule has 0 N–H and O–H groups in total. The number of hydrogen-bond acceptors (Lipinski definition) is 4. The molecule has 0 radical (unpaired) electrons. The summed E-state index contributed by atoms with van der Waals surface area (Å²) in [5.41, 5.74) is 2.02. The van der Waals surface area contributed by atoms with Crippen LogP contribution in [0.15, 0.2) is 60.7 Å². The van der Waals surface area contributed by atoms with Crippen LogP contribution in [-0.4, -0.2) is 18.7 Å². The lowest BCUT2D eigenvalue weighted by Gasteiger charge is -2.27. The number of hydrogen-bond donors (Lipinski definition) is 0. The first kappa shape index (κ1) is 13.3. The van der Waals surface area contributed by atoms with Crippen LogP contribution in [0, 0.1) is 5.92 Å². The summed E-state index contributed by atoms with van der Waals surface area (Å²) in [7, 11) is 0. The second kappa shape index (κ2) is 5.46. The molecule has 0 saturated carbocycles. The molecule has 2 aliphatic heterocycles. The number of cyclic esters (lactones) is 1. The number of esters is 1. The molecule has 2 heterocycles. The fourth-order valence-electron chi connectivity index (χ4n) is 3.30. The van der Waals surface area contributed by atoms with Gasteiger partial charge in [0.05, 0.1) is 18.3 Å². The Morgan fingerprint density at radius 1 is 0.955 bits per heavy atom. The molecule has 4 rings (SSSR count).